The number of aliphatic carboxylic acids is 1. The number of likely N-dealkylation sites (tertiary alicyclic amines) is 1. The van der Waals surface area contributed by atoms with Crippen molar-refractivity contribution in [1.29, 1.82) is 0 Å². The molecule has 130 valence electrons. The number of imidazole rings is 1. The lowest BCUT2D eigenvalue weighted by atomic mass is 9.87. The highest BCUT2D eigenvalue weighted by Crippen LogP contribution is 2.32. The summed E-state index contributed by atoms with van der Waals surface area (Å²) in [4.78, 5) is 30.2. The Balaban J connectivity index is 1.70. The first-order valence-corrected chi connectivity index (χ1v) is 8.29. The molecule has 1 amide bonds. The summed E-state index contributed by atoms with van der Waals surface area (Å²) in [7, 11) is 0. The van der Waals surface area contributed by atoms with E-state index in [1.807, 2.05) is 30.3 Å². The van der Waals surface area contributed by atoms with E-state index in [4.69, 9.17) is 0 Å². The summed E-state index contributed by atoms with van der Waals surface area (Å²) in [6.07, 6.45) is 7.37. The number of rotatable bonds is 4. The molecule has 0 bridgehead atoms. The van der Waals surface area contributed by atoms with Crippen LogP contribution in [0.5, 0.6) is 0 Å². The summed E-state index contributed by atoms with van der Waals surface area (Å²) in [5.41, 5.74) is -0.0673. The van der Waals surface area contributed by atoms with Crippen LogP contribution in [-0.4, -0.2) is 44.5 Å². The van der Waals surface area contributed by atoms with Crippen molar-refractivity contribution in [1.82, 2.24) is 14.5 Å². The maximum Gasteiger partial charge on any atom is 0.330 e. The standard InChI is InChI=1S/C19H21N3O3/c1-15-20-11-14-22(15)19(18(24)25)9-12-21(13-10-19)17(23)8-7-16-5-3-2-4-6-16/h2-8,11,14H,9-10,12-13H2,1H3,(H,24,25)/b8-7+. The molecule has 1 aliphatic heterocycles. The van der Waals surface area contributed by atoms with Crippen molar-refractivity contribution in [3.63, 3.8) is 0 Å². The first-order valence-electron chi connectivity index (χ1n) is 8.29. The Bertz CT molecular complexity index is 787. The van der Waals surface area contributed by atoms with Crippen LogP contribution in [0.4, 0.5) is 0 Å². The van der Waals surface area contributed by atoms with Crippen molar-refractivity contribution in [2.24, 2.45) is 0 Å². The smallest absolute Gasteiger partial charge is 0.330 e. The minimum Gasteiger partial charge on any atom is -0.479 e. The van der Waals surface area contributed by atoms with Crippen LogP contribution in [-0.2, 0) is 15.1 Å². The van der Waals surface area contributed by atoms with E-state index in [-0.39, 0.29) is 5.91 Å². The topological polar surface area (TPSA) is 75.4 Å². The van der Waals surface area contributed by atoms with Crippen molar-refractivity contribution in [2.45, 2.75) is 25.3 Å². The lowest BCUT2D eigenvalue weighted by molar-refractivity contribution is -0.152. The van der Waals surface area contributed by atoms with Gasteiger partial charge in [-0.2, -0.15) is 0 Å². The number of amides is 1. The van der Waals surface area contributed by atoms with Crippen molar-refractivity contribution in [3.05, 3.63) is 60.2 Å². The van der Waals surface area contributed by atoms with Gasteiger partial charge in [-0.1, -0.05) is 30.3 Å². The van der Waals surface area contributed by atoms with Crippen LogP contribution < -0.4 is 0 Å². The van der Waals surface area contributed by atoms with Crippen LogP contribution in [0.3, 0.4) is 0 Å². The van der Waals surface area contributed by atoms with E-state index in [1.165, 1.54) is 0 Å². The molecule has 1 N–H and O–H groups in total. The highest BCUT2D eigenvalue weighted by Gasteiger charge is 2.44. The number of piperidine rings is 1. The predicted octanol–water partition coefficient (Wildman–Crippen LogP) is 2.31. The lowest BCUT2D eigenvalue weighted by Gasteiger charge is -2.39. The molecule has 3 rings (SSSR count). The fourth-order valence-corrected chi connectivity index (χ4v) is 3.32. The second kappa shape index (κ2) is 6.93. The van der Waals surface area contributed by atoms with Gasteiger partial charge in [0.1, 0.15) is 11.4 Å². The van der Waals surface area contributed by atoms with Gasteiger partial charge in [-0.3, -0.25) is 4.79 Å². The van der Waals surface area contributed by atoms with Crippen LogP contribution in [0.2, 0.25) is 0 Å². The third kappa shape index (κ3) is 3.33. The van der Waals surface area contributed by atoms with Crippen LogP contribution in [0.1, 0.15) is 24.2 Å². The molecular weight excluding hydrogens is 318 g/mol. The molecule has 2 aromatic rings. The number of carbonyl (C=O) groups excluding carboxylic acids is 1. The molecule has 1 saturated heterocycles. The van der Waals surface area contributed by atoms with E-state index in [1.54, 1.807) is 40.9 Å². The van der Waals surface area contributed by atoms with Crippen LogP contribution in [0, 0.1) is 6.92 Å². The monoisotopic (exact) mass is 339 g/mol. The Hall–Kier alpha value is -2.89. The fraction of sp³-hybridized carbons (Fsp3) is 0.316. The summed E-state index contributed by atoms with van der Waals surface area (Å²) < 4.78 is 1.72. The number of hydrogen-bond donors (Lipinski definition) is 1. The molecule has 0 unspecified atom stereocenters. The molecule has 0 spiro atoms. The van der Waals surface area contributed by atoms with E-state index in [0.29, 0.717) is 31.8 Å². The van der Waals surface area contributed by atoms with Gasteiger partial charge in [0.25, 0.3) is 0 Å². The zero-order valence-electron chi connectivity index (χ0n) is 14.1. The van der Waals surface area contributed by atoms with Crippen LogP contribution in [0.25, 0.3) is 6.08 Å². The van der Waals surface area contributed by atoms with Crippen molar-refractivity contribution in [2.75, 3.05) is 13.1 Å². The van der Waals surface area contributed by atoms with Gasteiger partial charge in [0.15, 0.2) is 0 Å². The molecule has 6 heteroatoms. The second-order valence-corrected chi connectivity index (χ2v) is 6.25. The molecule has 0 atom stereocenters. The number of benzene rings is 1. The largest absolute Gasteiger partial charge is 0.479 e. The Labute approximate surface area is 146 Å². The Morgan fingerprint density at radius 3 is 2.44 bits per heavy atom. The van der Waals surface area contributed by atoms with Gasteiger partial charge < -0.3 is 14.6 Å². The Morgan fingerprint density at radius 1 is 1.20 bits per heavy atom. The Morgan fingerprint density at radius 2 is 1.88 bits per heavy atom. The molecule has 1 fully saturated rings. The van der Waals surface area contributed by atoms with Crippen molar-refractivity contribution in [3.8, 4) is 0 Å². The number of carboxylic acids is 1. The zero-order chi connectivity index (χ0) is 17.9. The summed E-state index contributed by atoms with van der Waals surface area (Å²) in [5, 5.41) is 9.80. The van der Waals surface area contributed by atoms with Crippen LogP contribution >= 0.6 is 0 Å². The van der Waals surface area contributed by atoms with Crippen LogP contribution in [0.15, 0.2) is 48.8 Å². The molecular formula is C19H21N3O3. The molecule has 25 heavy (non-hydrogen) atoms. The Kier molecular flexibility index (Phi) is 4.70. The van der Waals surface area contributed by atoms with Crippen molar-refractivity contribution < 1.29 is 14.7 Å². The van der Waals surface area contributed by atoms with Gasteiger partial charge in [-0.15, -0.1) is 0 Å². The van der Waals surface area contributed by atoms with E-state index < -0.39 is 11.5 Å². The van der Waals surface area contributed by atoms with Gasteiger partial charge >= 0.3 is 5.97 Å². The second-order valence-electron chi connectivity index (χ2n) is 6.25. The first-order chi connectivity index (χ1) is 12.0. The molecule has 0 aliphatic carbocycles. The van der Waals surface area contributed by atoms with Gasteiger partial charge in [0, 0.05) is 31.6 Å². The number of aromatic nitrogens is 2. The molecule has 2 heterocycles. The molecule has 1 aromatic carbocycles. The van der Waals surface area contributed by atoms with Gasteiger partial charge in [-0.25, -0.2) is 9.78 Å². The van der Waals surface area contributed by atoms with Gasteiger partial charge in [0.2, 0.25) is 5.91 Å². The summed E-state index contributed by atoms with van der Waals surface area (Å²) in [6.45, 7) is 2.61. The minimum atomic E-state index is -1.03. The number of aryl methyl sites for hydroxylation is 1. The molecule has 0 saturated carbocycles. The van der Waals surface area contributed by atoms with E-state index in [2.05, 4.69) is 4.98 Å². The van der Waals surface area contributed by atoms with E-state index in [9.17, 15) is 14.7 Å². The molecule has 0 radical (unpaired) electrons. The summed E-state index contributed by atoms with van der Waals surface area (Å²) in [5.74, 6) is -0.295. The highest BCUT2D eigenvalue weighted by molar-refractivity contribution is 5.92. The van der Waals surface area contributed by atoms with Crippen molar-refractivity contribution >= 4 is 18.0 Å². The summed E-state index contributed by atoms with van der Waals surface area (Å²) in [6, 6.07) is 9.61. The molecule has 6 nitrogen and oxygen atoms in total. The number of carbonyl (C=O) groups is 2. The van der Waals surface area contributed by atoms with E-state index >= 15 is 0 Å². The van der Waals surface area contributed by atoms with E-state index in [0.717, 1.165) is 5.56 Å². The third-order valence-electron chi connectivity index (χ3n) is 4.81. The predicted molar refractivity (Wildman–Crippen MR) is 93.9 cm³/mol. The lowest BCUT2D eigenvalue weighted by Crippen LogP contribution is -2.52. The molecule has 1 aromatic heterocycles. The first kappa shape index (κ1) is 17.0. The number of carboxylic acid groups (broad SMARTS) is 1. The average Bonchev–Trinajstić information content (AvgIpc) is 3.07. The number of nitrogens with zero attached hydrogens (tertiary/aromatic N) is 3. The fourth-order valence-electron chi connectivity index (χ4n) is 3.32. The van der Waals surface area contributed by atoms with Gasteiger partial charge in [-0.05, 0) is 31.4 Å². The summed E-state index contributed by atoms with van der Waals surface area (Å²) >= 11 is 0. The highest BCUT2D eigenvalue weighted by atomic mass is 16.4. The van der Waals surface area contributed by atoms with Gasteiger partial charge in [0.05, 0.1) is 0 Å². The quantitative estimate of drug-likeness (QED) is 0.868. The maximum atomic E-state index is 12.4. The molecule has 1 aliphatic rings. The average molecular weight is 339 g/mol. The third-order valence-corrected chi connectivity index (χ3v) is 4.81. The minimum absolute atomic E-state index is 0.0924. The SMILES string of the molecule is Cc1nccn1C1(C(=O)O)CCN(C(=O)/C=C/c2ccccc2)CC1. The number of hydrogen-bond acceptors (Lipinski definition) is 3. The maximum absolute atomic E-state index is 12.4. The zero-order valence-corrected chi connectivity index (χ0v) is 14.1. The normalized spacial score (nSPS) is 16.9.